The number of nitrogens with one attached hydrogen (secondary N) is 1. The van der Waals surface area contributed by atoms with E-state index in [-0.39, 0.29) is 5.92 Å². The lowest BCUT2D eigenvalue weighted by Crippen LogP contribution is -2.37. The van der Waals surface area contributed by atoms with Gasteiger partial charge < -0.3 is 15.2 Å². The van der Waals surface area contributed by atoms with Gasteiger partial charge in [-0.3, -0.25) is 9.51 Å². The van der Waals surface area contributed by atoms with Crippen LogP contribution in [0.1, 0.15) is 43.1 Å². The monoisotopic (exact) mass is 516 g/mol. The van der Waals surface area contributed by atoms with Gasteiger partial charge in [0.15, 0.2) is 11.5 Å². The molecular formula is C26H28N8O4. The number of aromatic amines is 1. The Balaban J connectivity index is 1.28. The molecule has 4 heterocycles. The molecule has 1 saturated carbocycles. The first-order valence-corrected chi connectivity index (χ1v) is 12.5. The first kappa shape index (κ1) is 24.1. The molecule has 12 nitrogen and oxygen atoms in total. The van der Waals surface area contributed by atoms with Gasteiger partial charge >= 0.3 is 5.76 Å². The maximum absolute atomic E-state index is 11.7. The fraction of sp³-hybridized carbons (Fsp3) is 0.346. The number of rotatable bonds is 8. The summed E-state index contributed by atoms with van der Waals surface area (Å²) in [4.78, 5) is 19.3. The molecular weight excluding hydrogens is 488 g/mol. The first-order chi connectivity index (χ1) is 18.6. The number of aromatic nitrogens is 7. The lowest BCUT2D eigenvalue weighted by atomic mass is 9.76. The minimum Gasteiger partial charge on any atom is -0.384 e. The molecule has 0 bridgehead atoms. The van der Waals surface area contributed by atoms with Crippen molar-refractivity contribution in [2.24, 2.45) is 0 Å². The maximum atomic E-state index is 11.7. The molecule has 3 N–H and O–H groups in total. The Morgan fingerprint density at radius 3 is 2.71 bits per heavy atom. The van der Waals surface area contributed by atoms with Gasteiger partial charge in [0.05, 0.1) is 31.3 Å². The van der Waals surface area contributed by atoms with Gasteiger partial charge in [-0.1, -0.05) is 23.4 Å². The minimum absolute atomic E-state index is 0.148. The minimum atomic E-state index is -0.745. The zero-order chi connectivity index (χ0) is 26.1. The van der Waals surface area contributed by atoms with E-state index >= 15 is 0 Å². The molecule has 0 spiro atoms. The standard InChI is InChI=1S/C26H28N8O4/c1-36-11-12-37-26(24-31-25(35)38-32-24)9-7-17(8-10-26)21-13-22(27)34-23(30-21)20(15-29-34)18-14-28-33(16-18)19-5-3-2-4-6-19/h2-6,13-17H,7-12,27H2,1H3,(H,31,32,35). The smallest absolute Gasteiger partial charge is 0.384 e. The molecule has 1 fully saturated rings. The average molecular weight is 517 g/mol. The first-order valence-electron chi connectivity index (χ1n) is 12.5. The topological polar surface area (TPSA) is 151 Å². The lowest BCUT2D eigenvalue weighted by Gasteiger charge is -2.37. The Labute approximate surface area is 217 Å². The third kappa shape index (κ3) is 4.37. The summed E-state index contributed by atoms with van der Waals surface area (Å²) in [6.45, 7) is 0.815. The number of nitrogens with zero attached hydrogens (tertiary/aromatic N) is 6. The number of hydrogen-bond acceptors (Lipinski definition) is 9. The molecule has 4 aromatic heterocycles. The van der Waals surface area contributed by atoms with Crippen molar-refractivity contribution in [1.82, 2.24) is 34.5 Å². The highest BCUT2D eigenvalue weighted by atomic mass is 16.5. The number of nitrogens with two attached hydrogens (primary N) is 1. The Morgan fingerprint density at radius 2 is 1.97 bits per heavy atom. The van der Waals surface area contributed by atoms with E-state index in [1.165, 1.54) is 0 Å². The number of para-hydroxylation sites is 1. The second-order valence-corrected chi connectivity index (χ2v) is 9.46. The van der Waals surface area contributed by atoms with Gasteiger partial charge in [0.2, 0.25) is 0 Å². The maximum Gasteiger partial charge on any atom is 0.439 e. The summed E-state index contributed by atoms with van der Waals surface area (Å²) in [6, 6.07) is 11.8. The average Bonchev–Trinajstić information content (AvgIpc) is 3.70. The summed E-state index contributed by atoms with van der Waals surface area (Å²) in [5.74, 6) is 0.477. The van der Waals surface area contributed by atoms with Gasteiger partial charge in [0, 0.05) is 42.1 Å². The highest BCUT2D eigenvalue weighted by molar-refractivity contribution is 5.77. The summed E-state index contributed by atoms with van der Waals surface area (Å²) in [7, 11) is 1.62. The number of anilines is 1. The molecule has 38 heavy (non-hydrogen) atoms. The number of H-pyrrole nitrogens is 1. The SMILES string of the molecule is COCCOC1(c2noc(=O)[nH]2)CCC(c2cc(N)n3ncc(-c4cnn(-c5ccccc5)c4)c3n2)CC1. The molecule has 1 aliphatic carbocycles. The molecule has 0 unspecified atom stereocenters. The van der Waals surface area contributed by atoms with Crippen molar-refractivity contribution in [2.75, 3.05) is 26.1 Å². The molecule has 0 amide bonds. The van der Waals surface area contributed by atoms with Crippen LogP contribution < -0.4 is 11.5 Å². The van der Waals surface area contributed by atoms with Crippen molar-refractivity contribution in [3.05, 3.63) is 77.1 Å². The molecule has 5 aromatic rings. The van der Waals surface area contributed by atoms with E-state index in [1.807, 2.05) is 47.3 Å². The van der Waals surface area contributed by atoms with Gasteiger partial charge in [-0.25, -0.2) is 14.5 Å². The Kier molecular flexibility index (Phi) is 6.26. The molecule has 12 heteroatoms. The van der Waals surface area contributed by atoms with E-state index in [1.54, 1.807) is 24.0 Å². The van der Waals surface area contributed by atoms with Crippen molar-refractivity contribution in [3.63, 3.8) is 0 Å². The zero-order valence-corrected chi connectivity index (χ0v) is 20.9. The third-order valence-electron chi connectivity index (χ3n) is 7.18. The fourth-order valence-corrected chi connectivity index (χ4v) is 5.18. The summed E-state index contributed by atoms with van der Waals surface area (Å²) in [5, 5.41) is 12.9. The van der Waals surface area contributed by atoms with Crippen molar-refractivity contribution in [1.29, 1.82) is 0 Å². The van der Waals surface area contributed by atoms with Crippen molar-refractivity contribution in [3.8, 4) is 16.8 Å². The van der Waals surface area contributed by atoms with Crippen molar-refractivity contribution in [2.45, 2.75) is 37.2 Å². The van der Waals surface area contributed by atoms with Crippen LogP contribution >= 0.6 is 0 Å². The van der Waals surface area contributed by atoms with Gasteiger partial charge in [-0.2, -0.15) is 14.7 Å². The predicted molar refractivity (Wildman–Crippen MR) is 138 cm³/mol. The molecule has 0 saturated heterocycles. The van der Waals surface area contributed by atoms with E-state index < -0.39 is 11.4 Å². The van der Waals surface area contributed by atoms with Crippen LogP contribution in [-0.2, 0) is 15.1 Å². The van der Waals surface area contributed by atoms with Crippen LogP contribution in [0, 0.1) is 0 Å². The van der Waals surface area contributed by atoms with Crippen LogP contribution in [0.15, 0.2) is 64.3 Å². The van der Waals surface area contributed by atoms with E-state index in [2.05, 4.69) is 20.3 Å². The summed E-state index contributed by atoms with van der Waals surface area (Å²) in [5.41, 5.74) is 9.97. The van der Waals surface area contributed by atoms with E-state index in [4.69, 9.17) is 24.7 Å². The quantitative estimate of drug-likeness (QED) is 0.296. The Hall–Kier alpha value is -4.29. The number of nitrogen functional groups attached to an aromatic ring is 1. The number of hydrogen-bond donors (Lipinski definition) is 2. The normalized spacial score (nSPS) is 19.8. The summed E-state index contributed by atoms with van der Waals surface area (Å²) < 4.78 is 19.6. The molecule has 1 aromatic carbocycles. The lowest BCUT2D eigenvalue weighted by molar-refractivity contribution is -0.0987. The van der Waals surface area contributed by atoms with Gasteiger partial charge in [-0.05, 0) is 37.8 Å². The van der Waals surface area contributed by atoms with Crippen LogP contribution in [0.25, 0.3) is 22.5 Å². The number of ether oxygens (including phenoxy) is 2. The van der Waals surface area contributed by atoms with E-state index in [0.29, 0.717) is 43.3 Å². The number of methoxy groups -OCH3 is 1. The van der Waals surface area contributed by atoms with Crippen LogP contribution in [0.2, 0.25) is 0 Å². The Bertz CT molecular complexity index is 1590. The highest BCUT2D eigenvalue weighted by Crippen LogP contribution is 2.44. The van der Waals surface area contributed by atoms with E-state index in [0.717, 1.165) is 35.3 Å². The summed E-state index contributed by atoms with van der Waals surface area (Å²) >= 11 is 0. The molecule has 1 aliphatic rings. The third-order valence-corrected chi connectivity index (χ3v) is 7.18. The second kappa shape index (κ2) is 9.88. The van der Waals surface area contributed by atoms with Crippen LogP contribution in [0.3, 0.4) is 0 Å². The van der Waals surface area contributed by atoms with Crippen molar-refractivity contribution >= 4 is 11.5 Å². The van der Waals surface area contributed by atoms with E-state index in [9.17, 15) is 4.79 Å². The van der Waals surface area contributed by atoms with Gasteiger partial charge in [0.1, 0.15) is 11.4 Å². The van der Waals surface area contributed by atoms with Crippen LogP contribution in [0.4, 0.5) is 5.82 Å². The summed E-state index contributed by atoms with van der Waals surface area (Å²) in [6.07, 6.45) is 8.33. The molecule has 196 valence electrons. The molecule has 0 radical (unpaired) electrons. The fourth-order valence-electron chi connectivity index (χ4n) is 5.18. The highest BCUT2D eigenvalue weighted by Gasteiger charge is 2.42. The van der Waals surface area contributed by atoms with Crippen LogP contribution in [0.5, 0.6) is 0 Å². The van der Waals surface area contributed by atoms with Gasteiger partial charge in [0.25, 0.3) is 0 Å². The predicted octanol–water partition coefficient (Wildman–Crippen LogP) is 3.06. The number of benzene rings is 1. The second-order valence-electron chi connectivity index (χ2n) is 9.46. The van der Waals surface area contributed by atoms with Crippen molar-refractivity contribution < 1.29 is 14.0 Å². The molecule has 0 atom stereocenters. The van der Waals surface area contributed by atoms with Crippen LogP contribution in [-0.4, -0.2) is 54.8 Å². The van der Waals surface area contributed by atoms with Gasteiger partial charge in [-0.15, -0.1) is 0 Å². The molecule has 6 rings (SSSR count). The largest absolute Gasteiger partial charge is 0.439 e. The zero-order valence-electron chi connectivity index (χ0n) is 20.9. The molecule has 0 aliphatic heterocycles. The number of fused-ring (bicyclic) bond motifs is 1. The Morgan fingerprint density at radius 1 is 1.16 bits per heavy atom.